The molecule has 2 aromatic carbocycles. The zero-order valence-corrected chi connectivity index (χ0v) is 8.08. The third kappa shape index (κ3) is 1.15. The summed E-state index contributed by atoms with van der Waals surface area (Å²) in [4.78, 5) is 14.4. The van der Waals surface area contributed by atoms with E-state index in [0.717, 1.165) is 5.39 Å². The molecule has 0 bridgehead atoms. The van der Waals surface area contributed by atoms with E-state index < -0.39 is 4.92 Å². The smallest absolute Gasteiger partial charge is 0.277 e. The van der Waals surface area contributed by atoms with Crippen LogP contribution in [0.1, 0.15) is 0 Å². The highest BCUT2D eigenvalue weighted by molar-refractivity contribution is 5.99. The van der Waals surface area contributed by atoms with E-state index in [2.05, 4.69) is 4.98 Å². The van der Waals surface area contributed by atoms with E-state index in [1.54, 1.807) is 18.2 Å². The first-order valence-corrected chi connectivity index (χ1v) is 4.66. The molecule has 0 atom stereocenters. The fraction of sp³-hybridized carbons (Fsp3) is 0. The zero-order valence-electron chi connectivity index (χ0n) is 8.08. The van der Waals surface area contributed by atoms with Gasteiger partial charge < -0.3 is 4.42 Å². The Morgan fingerprint density at radius 1 is 1.31 bits per heavy atom. The summed E-state index contributed by atoms with van der Waals surface area (Å²) in [6.07, 6.45) is 1.33. The van der Waals surface area contributed by atoms with Crippen molar-refractivity contribution < 1.29 is 9.34 Å². The van der Waals surface area contributed by atoms with Crippen molar-refractivity contribution in [1.29, 1.82) is 0 Å². The molecule has 5 nitrogen and oxygen atoms in total. The van der Waals surface area contributed by atoms with Gasteiger partial charge >= 0.3 is 0 Å². The highest BCUT2D eigenvalue weighted by atomic mass is 16.6. The summed E-state index contributed by atoms with van der Waals surface area (Å²) >= 11 is 0. The molecule has 16 heavy (non-hydrogen) atoms. The van der Waals surface area contributed by atoms with Crippen molar-refractivity contribution in [2.45, 2.75) is 0 Å². The minimum absolute atomic E-state index is 0.0856. The summed E-state index contributed by atoms with van der Waals surface area (Å²) < 4.78 is 5.15. The lowest BCUT2D eigenvalue weighted by Gasteiger charge is -1.98. The van der Waals surface area contributed by atoms with Gasteiger partial charge in [0, 0.05) is 6.07 Å². The lowest BCUT2D eigenvalue weighted by molar-refractivity contribution is -0.383. The molecular weight excluding hydrogens is 208 g/mol. The molecule has 0 aliphatic carbocycles. The van der Waals surface area contributed by atoms with Crippen LogP contribution in [0.4, 0.5) is 5.69 Å². The lowest BCUT2D eigenvalue weighted by atomic mass is 10.1. The van der Waals surface area contributed by atoms with Crippen LogP contribution in [0.2, 0.25) is 0 Å². The van der Waals surface area contributed by atoms with Gasteiger partial charge in [-0.25, -0.2) is 4.98 Å². The predicted molar refractivity (Wildman–Crippen MR) is 58.2 cm³/mol. The Bertz CT molecular complexity index is 703. The van der Waals surface area contributed by atoms with Gasteiger partial charge in [0.2, 0.25) is 0 Å². The normalized spacial score (nSPS) is 11.0. The average Bonchev–Trinajstić information content (AvgIpc) is 2.71. The minimum atomic E-state index is -0.395. The fourth-order valence-corrected chi connectivity index (χ4v) is 1.77. The molecule has 78 valence electrons. The third-order valence-corrected chi connectivity index (χ3v) is 2.51. The average molecular weight is 214 g/mol. The topological polar surface area (TPSA) is 69.2 Å². The Morgan fingerprint density at radius 3 is 3.00 bits per heavy atom. The molecule has 1 aromatic heterocycles. The Labute approximate surface area is 89.5 Å². The zero-order chi connectivity index (χ0) is 11.1. The molecule has 0 N–H and O–H groups in total. The lowest BCUT2D eigenvalue weighted by Crippen LogP contribution is -1.89. The second kappa shape index (κ2) is 3.03. The number of hydrogen-bond donors (Lipinski definition) is 0. The largest absolute Gasteiger partial charge is 0.443 e. The number of benzene rings is 2. The monoisotopic (exact) mass is 214 g/mol. The van der Waals surface area contributed by atoms with Gasteiger partial charge in [-0.05, 0) is 17.5 Å². The summed E-state index contributed by atoms with van der Waals surface area (Å²) in [5.74, 6) is 0. The number of fused-ring (bicyclic) bond motifs is 2. The van der Waals surface area contributed by atoms with Crippen molar-refractivity contribution in [2.24, 2.45) is 0 Å². The standard InChI is InChI=1S/C11H6N2O3/c14-13(15)10-3-1-2-7-4-11-9(5-8(7)10)12-6-16-11/h1-6H. The van der Waals surface area contributed by atoms with Gasteiger partial charge in [-0.2, -0.15) is 0 Å². The van der Waals surface area contributed by atoms with Crippen LogP contribution in [0, 0.1) is 10.1 Å². The van der Waals surface area contributed by atoms with Crippen LogP contribution in [0.25, 0.3) is 21.9 Å². The molecule has 5 heteroatoms. The highest BCUT2D eigenvalue weighted by Crippen LogP contribution is 2.28. The number of nitro groups is 1. The van der Waals surface area contributed by atoms with Crippen LogP contribution in [0.15, 0.2) is 41.1 Å². The van der Waals surface area contributed by atoms with Crippen LogP contribution in [0.5, 0.6) is 0 Å². The predicted octanol–water partition coefficient (Wildman–Crippen LogP) is 2.89. The molecule has 0 saturated carbocycles. The number of nitrogens with zero attached hydrogens (tertiary/aromatic N) is 2. The Morgan fingerprint density at radius 2 is 2.19 bits per heavy atom. The third-order valence-electron chi connectivity index (χ3n) is 2.51. The van der Waals surface area contributed by atoms with E-state index in [4.69, 9.17) is 4.42 Å². The maximum atomic E-state index is 10.9. The number of non-ortho nitro benzene ring substituents is 1. The highest BCUT2D eigenvalue weighted by Gasteiger charge is 2.12. The number of aromatic nitrogens is 1. The maximum Gasteiger partial charge on any atom is 0.277 e. The van der Waals surface area contributed by atoms with Crippen molar-refractivity contribution in [2.75, 3.05) is 0 Å². The fourth-order valence-electron chi connectivity index (χ4n) is 1.77. The molecule has 0 aliphatic rings. The van der Waals surface area contributed by atoms with Gasteiger partial charge in [0.05, 0.1) is 10.3 Å². The first-order chi connectivity index (χ1) is 7.75. The van der Waals surface area contributed by atoms with E-state index in [-0.39, 0.29) is 5.69 Å². The van der Waals surface area contributed by atoms with Crippen LogP contribution in [-0.4, -0.2) is 9.91 Å². The summed E-state index contributed by atoms with van der Waals surface area (Å²) in [5, 5.41) is 12.2. The molecule has 0 amide bonds. The van der Waals surface area contributed by atoms with E-state index in [1.165, 1.54) is 12.5 Å². The number of hydrogen-bond acceptors (Lipinski definition) is 4. The van der Waals surface area contributed by atoms with E-state index in [9.17, 15) is 10.1 Å². The number of nitro benzene ring substituents is 1. The van der Waals surface area contributed by atoms with Crippen LogP contribution < -0.4 is 0 Å². The molecule has 0 aliphatic heterocycles. The quantitative estimate of drug-likeness (QED) is 0.461. The van der Waals surface area contributed by atoms with Crippen LogP contribution in [0.3, 0.4) is 0 Å². The molecule has 0 fully saturated rings. The van der Waals surface area contributed by atoms with Crippen molar-refractivity contribution in [3.8, 4) is 0 Å². The maximum absolute atomic E-state index is 10.9. The SMILES string of the molecule is O=[N+]([O-])c1cccc2cc3ocnc3cc12. The first-order valence-electron chi connectivity index (χ1n) is 4.66. The minimum Gasteiger partial charge on any atom is -0.443 e. The van der Waals surface area contributed by atoms with Crippen molar-refractivity contribution in [3.05, 3.63) is 46.8 Å². The molecular formula is C11H6N2O3. The van der Waals surface area contributed by atoms with Gasteiger partial charge in [-0.1, -0.05) is 12.1 Å². The second-order valence-electron chi connectivity index (χ2n) is 3.43. The second-order valence-corrected chi connectivity index (χ2v) is 3.43. The van der Waals surface area contributed by atoms with Crippen molar-refractivity contribution in [3.63, 3.8) is 0 Å². The summed E-state index contributed by atoms with van der Waals surface area (Å²) in [5.41, 5.74) is 1.34. The molecule has 1 heterocycles. The molecule has 0 radical (unpaired) electrons. The Kier molecular flexibility index (Phi) is 1.67. The van der Waals surface area contributed by atoms with E-state index in [0.29, 0.717) is 16.5 Å². The molecule has 0 unspecified atom stereocenters. The summed E-state index contributed by atoms with van der Waals surface area (Å²) in [7, 11) is 0. The van der Waals surface area contributed by atoms with Gasteiger partial charge in [0.15, 0.2) is 12.0 Å². The van der Waals surface area contributed by atoms with E-state index >= 15 is 0 Å². The molecule has 3 rings (SSSR count). The Hall–Kier alpha value is -2.43. The Balaban J connectivity index is 2.49. The van der Waals surface area contributed by atoms with Gasteiger partial charge in [0.1, 0.15) is 5.52 Å². The summed E-state index contributed by atoms with van der Waals surface area (Å²) in [6, 6.07) is 8.37. The first kappa shape index (κ1) is 8.84. The molecule has 0 spiro atoms. The van der Waals surface area contributed by atoms with Gasteiger partial charge in [-0.15, -0.1) is 0 Å². The molecule has 3 aromatic rings. The van der Waals surface area contributed by atoms with Gasteiger partial charge in [-0.3, -0.25) is 10.1 Å². The van der Waals surface area contributed by atoms with Crippen molar-refractivity contribution >= 4 is 27.6 Å². The van der Waals surface area contributed by atoms with Crippen LogP contribution >= 0.6 is 0 Å². The molecule has 0 saturated heterocycles. The van der Waals surface area contributed by atoms with Crippen molar-refractivity contribution in [1.82, 2.24) is 4.98 Å². The van der Waals surface area contributed by atoms with Crippen LogP contribution in [-0.2, 0) is 0 Å². The van der Waals surface area contributed by atoms with E-state index in [1.807, 2.05) is 6.07 Å². The summed E-state index contributed by atoms with van der Waals surface area (Å²) in [6.45, 7) is 0. The number of oxazole rings is 1. The van der Waals surface area contributed by atoms with Gasteiger partial charge in [0.25, 0.3) is 5.69 Å². The number of rotatable bonds is 1.